The highest BCUT2D eigenvalue weighted by atomic mass is 16.5. The first-order chi connectivity index (χ1) is 12.2. The number of benzene rings is 3. The molecule has 0 atom stereocenters. The highest BCUT2D eigenvalue weighted by molar-refractivity contribution is 5.96. The molecule has 0 aliphatic carbocycles. The molecule has 0 spiro atoms. The molecule has 5 heteroatoms. The third-order valence-corrected chi connectivity index (χ3v) is 3.64. The molecule has 0 heterocycles. The maximum absolute atomic E-state index is 11.9. The number of carbonyl (C=O) groups excluding carboxylic acids is 2. The first-order valence-corrected chi connectivity index (χ1v) is 7.94. The second-order valence-corrected chi connectivity index (χ2v) is 5.53. The van der Waals surface area contributed by atoms with Gasteiger partial charge in [-0.05, 0) is 28.5 Å². The number of alkyl carbamates (subject to hydrolysis) is 1. The molecule has 25 heavy (non-hydrogen) atoms. The van der Waals surface area contributed by atoms with Crippen LogP contribution in [0.2, 0.25) is 0 Å². The molecule has 0 unspecified atom stereocenters. The molecule has 0 aromatic heterocycles. The molecule has 0 saturated heterocycles. The van der Waals surface area contributed by atoms with Crippen molar-refractivity contribution in [1.29, 1.82) is 0 Å². The van der Waals surface area contributed by atoms with Crippen molar-refractivity contribution >= 4 is 28.5 Å². The van der Waals surface area contributed by atoms with Crippen molar-refractivity contribution in [3.8, 4) is 0 Å². The number of anilines is 1. The first kappa shape index (κ1) is 16.5. The highest BCUT2D eigenvalue weighted by Crippen LogP contribution is 2.18. The molecular weight excluding hydrogens is 316 g/mol. The summed E-state index contributed by atoms with van der Waals surface area (Å²) in [6.07, 6.45) is -0.627. The van der Waals surface area contributed by atoms with E-state index in [1.54, 1.807) is 0 Å². The minimum absolute atomic E-state index is 0.152. The van der Waals surface area contributed by atoms with Crippen LogP contribution in [0.1, 0.15) is 5.56 Å². The molecule has 0 fully saturated rings. The fourth-order valence-corrected chi connectivity index (χ4v) is 2.40. The predicted molar refractivity (Wildman–Crippen MR) is 97.2 cm³/mol. The molecule has 0 radical (unpaired) electrons. The van der Waals surface area contributed by atoms with Crippen LogP contribution in [0.5, 0.6) is 0 Å². The van der Waals surface area contributed by atoms with Crippen molar-refractivity contribution < 1.29 is 14.3 Å². The molecule has 0 saturated carbocycles. The normalized spacial score (nSPS) is 10.2. The highest BCUT2D eigenvalue weighted by Gasteiger charge is 2.07. The molecule has 0 bridgehead atoms. The van der Waals surface area contributed by atoms with Gasteiger partial charge in [-0.1, -0.05) is 60.7 Å². The van der Waals surface area contributed by atoms with E-state index in [0.29, 0.717) is 5.69 Å². The minimum Gasteiger partial charge on any atom is -0.445 e. The van der Waals surface area contributed by atoms with E-state index in [-0.39, 0.29) is 19.1 Å². The van der Waals surface area contributed by atoms with Crippen molar-refractivity contribution in [3.63, 3.8) is 0 Å². The lowest BCUT2D eigenvalue weighted by atomic mass is 10.1. The van der Waals surface area contributed by atoms with E-state index in [1.807, 2.05) is 72.8 Å². The molecule has 2 amide bonds. The van der Waals surface area contributed by atoms with E-state index in [2.05, 4.69) is 10.6 Å². The van der Waals surface area contributed by atoms with Crippen LogP contribution in [0, 0.1) is 0 Å². The molecular formula is C20H18N2O3. The molecule has 3 aromatic rings. The molecule has 0 aliphatic rings. The number of ether oxygens (including phenoxy) is 1. The standard InChI is InChI=1S/C20H18N2O3/c23-19(13-21-20(24)25-14-15-6-2-1-3-7-15)22-18-11-10-16-8-4-5-9-17(16)12-18/h1-12H,13-14H2,(H,21,24)(H,22,23). The van der Waals surface area contributed by atoms with E-state index in [9.17, 15) is 9.59 Å². The Bertz CT molecular complexity index is 878. The average Bonchev–Trinajstić information content (AvgIpc) is 2.65. The van der Waals surface area contributed by atoms with Crippen LogP contribution in [0.4, 0.5) is 10.5 Å². The molecule has 3 aromatic carbocycles. The zero-order valence-electron chi connectivity index (χ0n) is 13.6. The number of hydrogen-bond donors (Lipinski definition) is 2. The smallest absolute Gasteiger partial charge is 0.407 e. The van der Waals surface area contributed by atoms with Gasteiger partial charge in [0.25, 0.3) is 0 Å². The quantitative estimate of drug-likeness (QED) is 0.747. The Morgan fingerprint density at radius 3 is 2.36 bits per heavy atom. The molecule has 5 nitrogen and oxygen atoms in total. The Kier molecular flexibility index (Phi) is 5.26. The van der Waals surface area contributed by atoms with E-state index in [1.165, 1.54) is 0 Å². The lowest BCUT2D eigenvalue weighted by molar-refractivity contribution is -0.115. The molecule has 126 valence electrons. The van der Waals surface area contributed by atoms with Gasteiger partial charge in [-0.15, -0.1) is 0 Å². The monoisotopic (exact) mass is 334 g/mol. The number of rotatable bonds is 5. The van der Waals surface area contributed by atoms with Gasteiger partial charge in [-0.2, -0.15) is 0 Å². The van der Waals surface area contributed by atoms with Crippen molar-refractivity contribution in [2.45, 2.75) is 6.61 Å². The van der Waals surface area contributed by atoms with Crippen LogP contribution >= 0.6 is 0 Å². The lowest BCUT2D eigenvalue weighted by Gasteiger charge is -2.09. The van der Waals surface area contributed by atoms with Crippen molar-refractivity contribution in [2.75, 3.05) is 11.9 Å². The zero-order valence-corrected chi connectivity index (χ0v) is 13.6. The van der Waals surface area contributed by atoms with Crippen molar-refractivity contribution in [1.82, 2.24) is 5.32 Å². The summed E-state index contributed by atoms with van der Waals surface area (Å²) in [4.78, 5) is 23.6. The van der Waals surface area contributed by atoms with Gasteiger partial charge >= 0.3 is 6.09 Å². The SMILES string of the molecule is O=C(CNC(=O)OCc1ccccc1)Nc1ccc2ccccc2c1. The summed E-state index contributed by atoms with van der Waals surface area (Å²) in [5.74, 6) is -0.313. The summed E-state index contributed by atoms with van der Waals surface area (Å²) in [6, 6.07) is 22.9. The van der Waals surface area contributed by atoms with Gasteiger partial charge in [0.1, 0.15) is 13.2 Å². The van der Waals surface area contributed by atoms with E-state index in [0.717, 1.165) is 16.3 Å². The van der Waals surface area contributed by atoms with Crippen LogP contribution in [0.3, 0.4) is 0 Å². The molecule has 2 N–H and O–H groups in total. The minimum atomic E-state index is -0.627. The van der Waals surface area contributed by atoms with Gasteiger partial charge in [-0.25, -0.2) is 4.79 Å². The number of carbonyl (C=O) groups is 2. The van der Waals surface area contributed by atoms with Crippen LogP contribution in [0.25, 0.3) is 10.8 Å². The van der Waals surface area contributed by atoms with Crippen molar-refractivity contribution in [2.24, 2.45) is 0 Å². The van der Waals surface area contributed by atoms with E-state index in [4.69, 9.17) is 4.74 Å². The summed E-state index contributed by atoms with van der Waals surface area (Å²) in [6.45, 7) is 0.0133. The topological polar surface area (TPSA) is 67.4 Å². The van der Waals surface area contributed by atoms with Crippen LogP contribution in [0.15, 0.2) is 72.8 Å². The van der Waals surface area contributed by atoms with Gasteiger partial charge in [0.15, 0.2) is 0 Å². The van der Waals surface area contributed by atoms with Crippen LogP contribution in [-0.4, -0.2) is 18.5 Å². The summed E-state index contributed by atoms with van der Waals surface area (Å²) < 4.78 is 5.06. The van der Waals surface area contributed by atoms with E-state index < -0.39 is 6.09 Å². The second kappa shape index (κ2) is 7.97. The number of amides is 2. The number of hydrogen-bond acceptors (Lipinski definition) is 3. The maximum atomic E-state index is 11.9. The third-order valence-electron chi connectivity index (χ3n) is 3.64. The summed E-state index contributed by atoms with van der Waals surface area (Å²) >= 11 is 0. The van der Waals surface area contributed by atoms with Gasteiger partial charge < -0.3 is 15.4 Å². The van der Waals surface area contributed by atoms with Crippen LogP contribution in [-0.2, 0) is 16.1 Å². The van der Waals surface area contributed by atoms with E-state index >= 15 is 0 Å². The molecule has 3 rings (SSSR count). The molecule has 0 aliphatic heterocycles. The van der Waals surface area contributed by atoms with Crippen LogP contribution < -0.4 is 10.6 Å². The van der Waals surface area contributed by atoms with Gasteiger partial charge in [0.2, 0.25) is 5.91 Å². The Hall–Kier alpha value is -3.34. The maximum Gasteiger partial charge on any atom is 0.407 e. The Morgan fingerprint density at radius 2 is 1.56 bits per heavy atom. The summed E-state index contributed by atoms with van der Waals surface area (Å²) in [5.41, 5.74) is 1.57. The van der Waals surface area contributed by atoms with Gasteiger partial charge in [0, 0.05) is 5.69 Å². The fourth-order valence-electron chi connectivity index (χ4n) is 2.40. The largest absolute Gasteiger partial charge is 0.445 e. The summed E-state index contributed by atoms with van der Waals surface area (Å²) in [7, 11) is 0. The third kappa shape index (κ3) is 4.81. The Labute approximate surface area is 145 Å². The summed E-state index contributed by atoms with van der Waals surface area (Å²) in [5, 5.41) is 7.33. The fraction of sp³-hybridized carbons (Fsp3) is 0.100. The zero-order chi connectivity index (χ0) is 17.5. The van der Waals surface area contributed by atoms with Crippen molar-refractivity contribution in [3.05, 3.63) is 78.4 Å². The number of fused-ring (bicyclic) bond motifs is 1. The Balaban J connectivity index is 1.46. The lowest BCUT2D eigenvalue weighted by Crippen LogP contribution is -2.33. The second-order valence-electron chi connectivity index (χ2n) is 5.53. The Morgan fingerprint density at radius 1 is 0.840 bits per heavy atom. The number of nitrogens with one attached hydrogen (secondary N) is 2. The first-order valence-electron chi connectivity index (χ1n) is 7.94. The average molecular weight is 334 g/mol. The van der Waals surface area contributed by atoms with Gasteiger partial charge in [-0.3, -0.25) is 4.79 Å². The van der Waals surface area contributed by atoms with Gasteiger partial charge in [0.05, 0.1) is 0 Å². The predicted octanol–water partition coefficient (Wildman–Crippen LogP) is 3.70.